The lowest BCUT2D eigenvalue weighted by molar-refractivity contribution is -0.118. The Labute approximate surface area is 115 Å². The molecule has 1 saturated heterocycles. The summed E-state index contributed by atoms with van der Waals surface area (Å²) < 4.78 is 10.1. The van der Waals surface area contributed by atoms with Gasteiger partial charge in [-0.05, 0) is 6.42 Å². The van der Waals surface area contributed by atoms with Crippen LogP contribution in [0.1, 0.15) is 6.42 Å². The highest BCUT2D eigenvalue weighted by Gasteiger charge is 2.29. The molecule has 1 amide bonds. The normalized spacial score (nSPS) is 22.3. The lowest BCUT2D eigenvalue weighted by Gasteiger charge is -2.10. The van der Waals surface area contributed by atoms with Gasteiger partial charge in [0, 0.05) is 19.7 Å². The number of carbonyl (C=O) groups is 1. The van der Waals surface area contributed by atoms with Crippen LogP contribution in [0.5, 0.6) is 5.88 Å². The van der Waals surface area contributed by atoms with Gasteiger partial charge in [0.2, 0.25) is 17.7 Å². The number of ether oxygens (including phenoxy) is 2. The van der Waals surface area contributed by atoms with Crippen LogP contribution >= 0.6 is 11.6 Å². The van der Waals surface area contributed by atoms with E-state index in [-0.39, 0.29) is 29.2 Å². The second kappa shape index (κ2) is 6.14. The largest absolute Gasteiger partial charge is 0.481 e. The number of anilines is 1. The van der Waals surface area contributed by atoms with Gasteiger partial charge in [-0.2, -0.15) is 4.98 Å². The van der Waals surface area contributed by atoms with Crippen LogP contribution in [0.15, 0.2) is 6.07 Å². The molecule has 1 aliphatic rings. The number of hydrogen-bond acceptors (Lipinski definition) is 6. The van der Waals surface area contributed by atoms with Gasteiger partial charge in [0.05, 0.1) is 19.3 Å². The minimum absolute atomic E-state index is 0.0468. The molecule has 2 rings (SSSR count). The maximum Gasteiger partial charge on any atom is 0.243 e. The van der Waals surface area contributed by atoms with Crippen molar-refractivity contribution in [2.24, 2.45) is 0 Å². The molecule has 1 aromatic rings. The van der Waals surface area contributed by atoms with Gasteiger partial charge in [-0.25, -0.2) is 4.98 Å². The molecule has 2 heterocycles. The Balaban J connectivity index is 2.01. The first-order valence-electron chi connectivity index (χ1n) is 5.78. The molecule has 1 fully saturated rings. The molecule has 19 heavy (non-hydrogen) atoms. The van der Waals surface area contributed by atoms with Crippen molar-refractivity contribution >= 4 is 23.5 Å². The summed E-state index contributed by atoms with van der Waals surface area (Å²) in [6.45, 7) is 0.647. The molecule has 1 aromatic heterocycles. The highest BCUT2D eigenvalue weighted by atomic mass is 35.5. The van der Waals surface area contributed by atoms with Crippen molar-refractivity contribution in [3.63, 3.8) is 0 Å². The van der Waals surface area contributed by atoms with E-state index < -0.39 is 0 Å². The van der Waals surface area contributed by atoms with Gasteiger partial charge in [0.15, 0.2) is 0 Å². The first kappa shape index (κ1) is 14.0. The molecule has 2 N–H and O–H groups in total. The first-order chi connectivity index (χ1) is 9.12. The Morgan fingerprint density at radius 3 is 2.95 bits per heavy atom. The van der Waals surface area contributed by atoms with Crippen molar-refractivity contribution in [2.75, 3.05) is 26.1 Å². The molecular weight excluding hydrogens is 272 g/mol. The van der Waals surface area contributed by atoms with Crippen LogP contribution < -0.4 is 15.4 Å². The zero-order chi connectivity index (χ0) is 13.8. The molecule has 0 aromatic carbocycles. The van der Waals surface area contributed by atoms with E-state index in [1.807, 2.05) is 0 Å². The maximum absolute atomic E-state index is 12.0. The van der Waals surface area contributed by atoms with Crippen LogP contribution in [-0.2, 0) is 9.53 Å². The fraction of sp³-hybridized carbons (Fsp3) is 0.545. The SMILES string of the molecule is COc1cc(Cl)nc(NC(=O)C2CC(OC)CN2)n1. The van der Waals surface area contributed by atoms with E-state index in [1.165, 1.54) is 13.2 Å². The van der Waals surface area contributed by atoms with Crippen LogP contribution in [-0.4, -0.2) is 48.8 Å². The van der Waals surface area contributed by atoms with E-state index in [1.54, 1.807) is 7.11 Å². The number of nitrogens with one attached hydrogen (secondary N) is 2. The molecule has 1 aliphatic heterocycles. The van der Waals surface area contributed by atoms with E-state index >= 15 is 0 Å². The molecular formula is C11H15ClN4O3. The Morgan fingerprint density at radius 2 is 2.32 bits per heavy atom. The quantitative estimate of drug-likeness (QED) is 0.782. The summed E-state index contributed by atoms with van der Waals surface area (Å²) >= 11 is 5.80. The summed E-state index contributed by atoms with van der Waals surface area (Å²) in [4.78, 5) is 19.9. The molecule has 7 nitrogen and oxygen atoms in total. The Kier molecular flexibility index (Phi) is 4.52. The molecule has 104 valence electrons. The smallest absolute Gasteiger partial charge is 0.243 e. The highest BCUT2D eigenvalue weighted by Crippen LogP contribution is 2.17. The zero-order valence-corrected chi connectivity index (χ0v) is 11.4. The van der Waals surface area contributed by atoms with Crippen LogP contribution in [0.2, 0.25) is 5.15 Å². The number of carbonyl (C=O) groups excluding carboxylic acids is 1. The van der Waals surface area contributed by atoms with Crippen molar-refractivity contribution in [3.8, 4) is 5.88 Å². The summed E-state index contributed by atoms with van der Waals surface area (Å²) in [5.41, 5.74) is 0. The molecule has 0 saturated carbocycles. The minimum Gasteiger partial charge on any atom is -0.481 e. The second-order valence-corrected chi connectivity index (χ2v) is 4.49. The number of methoxy groups -OCH3 is 2. The van der Waals surface area contributed by atoms with E-state index in [9.17, 15) is 4.79 Å². The molecule has 0 radical (unpaired) electrons. The first-order valence-corrected chi connectivity index (χ1v) is 6.15. The zero-order valence-electron chi connectivity index (χ0n) is 10.6. The molecule has 0 spiro atoms. The van der Waals surface area contributed by atoms with Crippen LogP contribution in [0.3, 0.4) is 0 Å². The third kappa shape index (κ3) is 3.52. The summed E-state index contributed by atoms with van der Waals surface area (Å²) in [6.07, 6.45) is 0.658. The van der Waals surface area contributed by atoms with Crippen LogP contribution in [0, 0.1) is 0 Å². The van der Waals surface area contributed by atoms with Crippen molar-refractivity contribution in [1.82, 2.24) is 15.3 Å². The Morgan fingerprint density at radius 1 is 1.53 bits per heavy atom. The summed E-state index contributed by atoms with van der Waals surface area (Å²) in [6, 6.07) is 1.14. The fourth-order valence-corrected chi connectivity index (χ4v) is 2.01. The topological polar surface area (TPSA) is 85.4 Å². The molecule has 0 bridgehead atoms. The van der Waals surface area contributed by atoms with E-state index in [0.29, 0.717) is 18.8 Å². The predicted octanol–water partition coefficient (Wildman–Crippen LogP) is 0.454. The third-order valence-corrected chi connectivity index (χ3v) is 3.05. The van der Waals surface area contributed by atoms with Gasteiger partial charge in [-0.15, -0.1) is 0 Å². The summed E-state index contributed by atoms with van der Waals surface area (Å²) in [7, 11) is 3.09. The molecule has 8 heteroatoms. The van der Waals surface area contributed by atoms with Crippen molar-refractivity contribution in [2.45, 2.75) is 18.6 Å². The standard InChI is InChI=1S/C11H15ClN4O3/c1-18-6-3-7(13-5-6)10(17)16-11-14-8(12)4-9(15-11)19-2/h4,6-7,13H,3,5H2,1-2H3,(H,14,15,16,17). The third-order valence-electron chi connectivity index (χ3n) is 2.86. The van der Waals surface area contributed by atoms with Gasteiger partial charge >= 0.3 is 0 Å². The van der Waals surface area contributed by atoms with Gasteiger partial charge in [0.1, 0.15) is 5.15 Å². The average molecular weight is 287 g/mol. The van der Waals surface area contributed by atoms with Crippen molar-refractivity contribution in [3.05, 3.63) is 11.2 Å². The lowest BCUT2D eigenvalue weighted by atomic mass is 10.2. The Hall–Kier alpha value is -1.44. The van der Waals surface area contributed by atoms with Gasteiger partial charge < -0.3 is 14.8 Å². The maximum atomic E-state index is 12.0. The predicted molar refractivity (Wildman–Crippen MR) is 69.4 cm³/mol. The lowest BCUT2D eigenvalue weighted by Crippen LogP contribution is -2.36. The van der Waals surface area contributed by atoms with Gasteiger partial charge in [-0.3, -0.25) is 10.1 Å². The highest BCUT2D eigenvalue weighted by molar-refractivity contribution is 6.29. The monoisotopic (exact) mass is 286 g/mol. The van der Waals surface area contributed by atoms with Gasteiger partial charge in [0.25, 0.3) is 0 Å². The Bertz CT molecular complexity index is 471. The minimum atomic E-state index is -0.321. The fourth-order valence-electron chi connectivity index (χ4n) is 1.84. The van der Waals surface area contributed by atoms with Gasteiger partial charge in [-0.1, -0.05) is 11.6 Å². The summed E-state index contributed by atoms with van der Waals surface area (Å²) in [5.74, 6) is 0.199. The van der Waals surface area contributed by atoms with Crippen molar-refractivity contribution < 1.29 is 14.3 Å². The van der Waals surface area contributed by atoms with E-state index in [0.717, 1.165) is 0 Å². The molecule has 0 aliphatic carbocycles. The number of rotatable bonds is 4. The number of amides is 1. The number of nitrogens with zero attached hydrogens (tertiary/aromatic N) is 2. The number of halogens is 1. The van der Waals surface area contributed by atoms with Crippen LogP contribution in [0.4, 0.5) is 5.95 Å². The van der Waals surface area contributed by atoms with Crippen molar-refractivity contribution in [1.29, 1.82) is 0 Å². The number of hydrogen-bond donors (Lipinski definition) is 2. The molecule has 2 unspecified atom stereocenters. The number of aromatic nitrogens is 2. The average Bonchev–Trinajstić information content (AvgIpc) is 2.86. The molecule has 2 atom stereocenters. The second-order valence-electron chi connectivity index (χ2n) is 4.10. The van der Waals surface area contributed by atoms with Crippen LogP contribution in [0.25, 0.3) is 0 Å². The van der Waals surface area contributed by atoms with E-state index in [4.69, 9.17) is 21.1 Å². The van der Waals surface area contributed by atoms with E-state index in [2.05, 4.69) is 20.6 Å². The summed E-state index contributed by atoms with van der Waals surface area (Å²) in [5, 5.41) is 5.87.